The lowest BCUT2D eigenvalue weighted by Gasteiger charge is -2.15. The average Bonchev–Trinajstić information content (AvgIpc) is 2.76. The van der Waals surface area contributed by atoms with E-state index in [2.05, 4.69) is 21.0 Å². The lowest BCUT2D eigenvalue weighted by Crippen LogP contribution is -2.48. The SMILES string of the molecule is Cc1cnn(CCNCC(=O)N[C@@H]2CCCCNC2=O)c1. The fourth-order valence-corrected chi connectivity index (χ4v) is 2.31. The number of nitrogens with one attached hydrogen (secondary N) is 3. The Bertz CT molecular complexity index is 485. The van der Waals surface area contributed by atoms with Crippen LogP contribution in [0, 0.1) is 6.92 Å². The number of rotatable bonds is 6. The first-order valence-electron chi connectivity index (χ1n) is 7.42. The van der Waals surface area contributed by atoms with Gasteiger partial charge >= 0.3 is 0 Å². The van der Waals surface area contributed by atoms with Crippen LogP contribution < -0.4 is 16.0 Å². The zero-order chi connectivity index (χ0) is 15.1. The van der Waals surface area contributed by atoms with Crippen molar-refractivity contribution in [3.05, 3.63) is 18.0 Å². The molecule has 7 heteroatoms. The fraction of sp³-hybridized carbons (Fsp3) is 0.643. The van der Waals surface area contributed by atoms with Crippen molar-refractivity contribution >= 4 is 11.8 Å². The van der Waals surface area contributed by atoms with E-state index in [1.165, 1.54) is 0 Å². The molecule has 0 spiro atoms. The van der Waals surface area contributed by atoms with Gasteiger partial charge in [-0.05, 0) is 31.7 Å². The Morgan fingerprint density at radius 3 is 3.14 bits per heavy atom. The summed E-state index contributed by atoms with van der Waals surface area (Å²) >= 11 is 0. The van der Waals surface area contributed by atoms with Gasteiger partial charge in [-0.3, -0.25) is 14.3 Å². The van der Waals surface area contributed by atoms with Crippen LogP contribution in [-0.4, -0.2) is 47.3 Å². The van der Waals surface area contributed by atoms with E-state index in [4.69, 9.17) is 0 Å². The van der Waals surface area contributed by atoms with Crippen LogP contribution >= 0.6 is 0 Å². The highest BCUT2D eigenvalue weighted by molar-refractivity contribution is 5.88. The molecule has 1 aliphatic rings. The van der Waals surface area contributed by atoms with Gasteiger partial charge in [-0.2, -0.15) is 5.10 Å². The Morgan fingerprint density at radius 2 is 2.38 bits per heavy atom. The summed E-state index contributed by atoms with van der Waals surface area (Å²) in [4.78, 5) is 23.5. The molecule has 0 aromatic carbocycles. The van der Waals surface area contributed by atoms with E-state index in [1.54, 1.807) is 6.20 Å². The van der Waals surface area contributed by atoms with Crippen molar-refractivity contribution < 1.29 is 9.59 Å². The maximum atomic E-state index is 11.8. The smallest absolute Gasteiger partial charge is 0.242 e. The number of amides is 2. The monoisotopic (exact) mass is 293 g/mol. The Hall–Kier alpha value is -1.89. The van der Waals surface area contributed by atoms with Crippen LogP contribution in [0.3, 0.4) is 0 Å². The minimum atomic E-state index is -0.393. The molecule has 21 heavy (non-hydrogen) atoms. The first kappa shape index (κ1) is 15.5. The van der Waals surface area contributed by atoms with E-state index in [0.29, 0.717) is 26.1 Å². The van der Waals surface area contributed by atoms with E-state index < -0.39 is 6.04 Å². The second kappa shape index (κ2) is 7.78. The zero-order valence-corrected chi connectivity index (χ0v) is 12.4. The van der Waals surface area contributed by atoms with E-state index >= 15 is 0 Å². The third kappa shape index (κ3) is 5.18. The zero-order valence-electron chi connectivity index (χ0n) is 12.4. The minimum absolute atomic E-state index is 0.0760. The van der Waals surface area contributed by atoms with Crippen LogP contribution in [0.5, 0.6) is 0 Å². The number of nitrogens with zero attached hydrogens (tertiary/aromatic N) is 2. The molecule has 2 amide bonds. The maximum Gasteiger partial charge on any atom is 0.242 e. The van der Waals surface area contributed by atoms with Crippen molar-refractivity contribution in [2.75, 3.05) is 19.6 Å². The lowest BCUT2D eigenvalue weighted by molar-refractivity contribution is -0.128. The van der Waals surface area contributed by atoms with Crippen LogP contribution in [0.25, 0.3) is 0 Å². The van der Waals surface area contributed by atoms with Crippen molar-refractivity contribution in [2.45, 2.75) is 38.8 Å². The standard InChI is InChI=1S/C14H23N5O2/c1-11-8-17-19(10-11)7-6-15-9-13(20)18-12-4-2-3-5-16-14(12)21/h8,10,12,15H,2-7,9H2,1H3,(H,16,21)(H,18,20)/t12-/m1/s1. The summed E-state index contributed by atoms with van der Waals surface area (Å²) in [7, 11) is 0. The van der Waals surface area contributed by atoms with Gasteiger partial charge in [-0.25, -0.2) is 0 Å². The molecular formula is C14H23N5O2. The summed E-state index contributed by atoms with van der Waals surface area (Å²) in [5.74, 6) is -0.221. The average molecular weight is 293 g/mol. The number of hydrogen-bond donors (Lipinski definition) is 3. The highest BCUT2D eigenvalue weighted by Gasteiger charge is 2.21. The van der Waals surface area contributed by atoms with Crippen LogP contribution in [0.2, 0.25) is 0 Å². The first-order valence-corrected chi connectivity index (χ1v) is 7.42. The van der Waals surface area contributed by atoms with Crippen molar-refractivity contribution in [3.8, 4) is 0 Å². The Morgan fingerprint density at radius 1 is 1.52 bits per heavy atom. The predicted octanol–water partition coefficient (Wildman–Crippen LogP) is -0.434. The molecule has 1 fully saturated rings. The molecule has 3 N–H and O–H groups in total. The largest absolute Gasteiger partial charge is 0.354 e. The summed E-state index contributed by atoms with van der Waals surface area (Å²) in [6.07, 6.45) is 6.40. The van der Waals surface area contributed by atoms with Crippen molar-refractivity contribution in [1.29, 1.82) is 0 Å². The molecule has 2 rings (SSSR count). The molecule has 0 unspecified atom stereocenters. The Kier molecular flexibility index (Phi) is 5.74. The molecule has 0 bridgehead atoms. The molecule has 1 aromatic rings. The molecule has 1 aromatic heterocycles. The number of aromatic nitrogens is 2. The van der Waals surface area contributed by atoms with Crippen LogP contribution in [-0.2, 0) is 16.1 Å². The van der Waals surface area contributed by atoms with Crippen LogP contribution in [0.1, 0.15) is 24.8 Å². The molecular weight excluding hydrogens is 270 g/mol. The second-order valence-electron chi connectivity index (χ2n) is 5.36. The van der Waals surface area contributed by atoms with E-state index in [9.17, 15) is 9.59 Å². The molecule has 2 heterocycles. The third-order valence-electron chi connectivity index (χ3n) is 3.44. The fourth-order valence-electron chi connectivity index (χ4n) is 2.31. The Labute approximate surface area is 124 Å². The molecule has 1 aliphatic heterocycles. The van der Waals surface area contributed by atoms with Crippen LogP contribution in [0.15, 0.2) is 12.4 Å². The normalized spacial score (nSPS) is 18.9. The van der Waals surface area contributed by atoms with Gasteiger partial charge in [-0.15, -0.1) is 0 Å². The van der Waals surface area contributed by atoms with E-state index in [1.807, 2.05) is 17.8 Å². The minimum Gasteiger partial charge on any atom is -0.354 e. The van der Waals surface area contributed by atoms with Gasteiger partial charge in [0.2, 0.25) is 11.8 Å². The molecule has 7 nitrogen and oxygen atoms in total. The van der Waals surface area contributed by atoms with Gasteiger partial charge in [0.05, 0.1) is 19.3 Å². The number of carbonyl (C=O) groups is 2. The number of carbonyl (C=O) groups excluding carboxylic acids is 2. The number of hydrogen-bond acceptors (Lipinski definition) is 4. The molecule has 1 saturated heterocycles. The van der Waals surface area contributed by atoms with E-state index in [-0.39, 0.29) is 18.4 Å². The topological polar surface area (TPSA) is 88.1 Å². The molecule has 0 aliphatic carbocycles. The maximum absolute atomic E-state index is 11.8. The van der Waals surface area contributed by atoms with Gasteiger partial charge in [0.15, 0.2) is 0 Å². The summed E-state index contributed by atoms with van der Waals surface area (Å²) in [6.45, 7) is 4.27. The lowest BCUT2D eigenvalue weighted by atomic mass is 10.1. The third-order valence-corrected chi connectivity index (χ3v) is 3.44. The molecule has 0 saturated carbocycles. The Balaban J connectivity index is 1.63. The van der Waals surface area contributed by atoms with Gasteiger partial charge < -0.3 is 16.0 Å². The quantitative estimate of drug-likeness (QED) is 0.621. The van der Waals surface area contributed by atoms with Crippen LogP contribution in [0.4, 0.5) is 0 Å². The summed E-state index contributed by atoms with van der Waals surface area (Å²) in [5, 5.41) is 12.8. The van der Waals surface area contributed by atoms with Gasteiger partial charge in [0, 0.05) is 19.3 Å². The number of aryl methyl sites for hydroxylation is 1. The highest BCUT2D eigenvalue weighted by Crippen LogP contribution is 2.04. The summed E-state index contributed by atoms with van der Waals surface area (Å²) in [6, 6.07) is -0.393. The second-order valence-corrected chi connectivity index (χ2v) is 5.36. The molecule has 116 valence electrons. The van der Waals surface area contributed by atoms with Crippen molar-refractivity contribution in [2.24, 2.45) is 0 Å². The van der Waals surface area contributed by atoms with Crippen molar-refractivity contribution in [1.82, 2.24) is 25.7 Å². The summed E-state index contributed by atoms with van der Waals surface area (Å²) in [5.41, 5.74) is 1.12. The highest BCUT2D eigenvalue weighted by atomic mass is 16.2. The first-order chi connectivity index (χ1) is 10.1. The van der Waals surface area contributed by atoms with Gasteiger partial charge in [-0.1, -0.05) is 0 Å². The molecule has 1 atom stereocenters. The van der Waals surface area contributed by atoms with Gasteiger partial charge in [0.25, 0.3) is 0 Å². The predicted molar refractivity (Wildman–Crippen MR) is 78.6 cm³/mol. The molecule has 0 radical (unpaired) electrons. The van der Waals surface area contributed by atoms with Gasteiger partial charge in [0.1, 0.15) is 6.04 Å². The summed E-state index contributed by atoms with van der Waals surface area (Å²) < 4.78 is 1.83. The van der Waals surface area contributed by atoms with Crippen molar-refractivity contribution in [3.63, 3.8) is 0 Å². The van der Waals surface area contributed by atoms with E-state index in [0.717, 1.165) is 18.4 Å².